The van der Waals surface area contributed by atoms with Crippen LogP contribution in [0.1, 0.15) is 41.2 Å². The van der Waals surface area contributed by atoms with Gasteiger partial charge in [0.05, 0.1) is 6.26 Å². The predicted molar refractivity (Wildman–Crippen MR) is 103 cm³/mol. The summed E-state index contributed by atoms with van der Waals surface area (Å²) in [7, 11) is 0. The first-order valence-electron chi connectivity index (χ1n) is 8.90. The summed E-state index contributed by atoms with van der Waals surface area (Å²) >= 11 is 0. The fourth-order valence-corrected chi connectivity index (χ4v) is 3.49. The molecule has 1 unspecified atom stereocenters. The number of ether oxygens (including phenoxy) is 2. The number of para-hydroxylation sites is 1. The third-order valence-electron chi connectivity index (χ3n) is 4.56. The Labute approximate surface area is 150 Å². The van der Waals surface area contributed by atoms with Gasteiger partial charge < -0.3 is 9.47 Å². The van der Waals surface area contributed by atoms with Crippen molar-refractivity contribution in [1.82, 2.24) is 0 Å². The van der Waals surface area contributed by atoms with Gasteiger partial charge in [-0.1, -0.05) is 42.0 Å². The molecule has 2 aromatic carbocycles. The summed E-state index contributed by atoms with van der Waals surface area (Å²) in [5, 5.41) is 0. The number of allylic oxidation sites excluding steroid dienone is 2. The van der Waals surface area contributed by atoms with Gasteiger partial charge >= 0.3 is 0 Å². The van der Waals surface area contributed by atoms with Gasteiger partial charge in [0.15, 0.2) is 0 Å². The molecule has 3 rings (SSSR count). The molecule has 1 aliphatic heterocycles. The lowest BCUT2D eigenvalue weighted by atomic mass is 9.91. The van der Waals surface area contributed by atoms with E-state index >= 15 is 0 Å². The number of aryl methyl sites for hydroxylation is 3. The molecule has 25 heavy (non-hydrogen) atoms. The summed E-state index contributed by atoms with van der Waals surface area (Å²) in [6, 6.07) is 14.4. The first kappa shape index (κ1) is 17.3. The lowest BCUT2D eigenvalue weighted by molar-refractivity contribution is 0.121. The van der Waals surface area contributed by atoms with Crippen LogP contribution >= 0.6 is 0 Å². The summed E-state index contributed by atoms with van der Waals surface area (Å²) in [6.45, 7) is 7.07. The Morgan fingerprint density at radius 3 is 2.44 bits per heavy atom. The monoisotopic (exact) mass is 334 g/mol. The Bertz CT molecular complexity index is 749. The van der Waals surface area contributed by atoms with E-state index in [-0.39, 0.29) is 6.10 Å². The van der Waals surface area contributed by atoms with E-state index in [1.54, 1.807) is 0 Å². The number of rotatable bonds is 5. The van der Waals surface area contributed by atoms with Crippen LogP contribution in [0.4, 0.5) is 0 Å². The fourth-order valence-electron chi connectivity index (χ4n) is 3.49. The van der Waals surface area contributed by atoms with E-state index in [9.17, 15) is 0 Å². The standard InChI is InChI=1S/C23H26O2/c1-17-14-18(2)23(19(3)15-17)22-12-11-20(16-25-22)8-7-13-24-21-9-5-4-6-10-21/h4-10,14-16,22H,11-13H2,1-3H3/b8-7+. The third kappa shape index (κ3) is 4.54. The Morgan fingerprint density at radius 1 is 1.08 bits per heavy atom. The third-order valence-corrected chi connectivity index (χ3v) is 4.56. The van der Waals surface area contributed by atoms with Gasteiger partial charge in [-0.3, -0.25) is 0 Å². The number of hydrogen-bond donors (Lipinski definition) is 0. The molecule has 0 spiro atoms. The summed E-state index contributed by atoms with van der Waals surface area (Å²) in [4.78, 5) is 0. The predicted octanol–water partition coefficient (Wildman–Crippen LogP) is 5.98. The average Bonchev–Trinajstić information content (AvgIpc) is 2.60. The molecule has 130 valence electrons. The van der Waals surface area contributed by atoms with Crippen molar-refractivity contribution >= 4 is 0 Å². The molecule has 0 bridgehead atoms. The average molecular weight is 334 g/mol. The molecule has 2 heteroatoms. The molecule has 0 amide bonds. The van der Waals surface area contributed by atoms with Gasteiger partial charge in [0.25, 0.3) is 0 Å². The van der Waals surface area contributed by atoms with Gasteiger partial charge in [-0.05, 0) is 74.1 Å². The van der Waals surface area contributed by atoms with Crippen molar-refractivity contribution in [3.8, 4) is 5.75 Å². The first-order valence-corrected chi connectivity index (χ1v) is 8.90. The maximum Gasteiger partial charge on any atom is 0.124 e. The van der Waals surface area contributed by atoms with E-state index in [1.807, 2.05) is 42.7 Å². The van der Waals surface area contributed by atoms with Crippen molar-refractivity contribution in [3.63, 3.8) is 0 Å². The van der Waals surface area contributed by atoms with Gasteiger partial charge in [-0.15, -0.1) is 0 Å². The van der Waals surface area contributed by atoms with Gasteiger partial charge in [0.2, 0.25) is 0 Å². The Morgan fingerprint density at radius 2 is 1.80 bits per heavy atom. The zero-order valence-electron chi connectivity index (χ0n) is 15.3. The van der Waals surface area contributed by atoms with Gasteiger partial charge in [-0.2, -0.15) is 0 Å². The first-order chi connectivity index (χ1) is 12.1. The van der Waals surface area contributed by atoms with Gasteiger partial charge in [-0.25, -0.2) is 0 Å². The molecule has 0 N–H and O–H groups in total. The highest BCUT2D eigenvalue weighted by molar-refractivity contribution is 5.39. The molecule has 0 aromatic heterocycles. The van der Waals surface area contributed by atoms with E-state index in [2.05, 4.69) is 39.0 Å². The molecule has 0 radical (unpaired) electrons. The van der Waals surface area contributed by atoms with E-state index in [0.717, 1.165) is 18.6 Å². The SMILES string of the molecule is Cc1cc(C)c(C2CCC(/C=C/COc3ccccc3)=CO2)c(C)c1. The largest absolute Gasteiger partial charge is 0.493 e. The molecule has 1 heterocycles. The van der Waals surface area contributed by atoms with Crippen molar-refractivity contribution in [2.75, 3.05) is 6.61 Å². The van der Waals surface area contributed by atoms with Crippen LogP contribution in [0.15, 0.2) is 66.5 Å². The van der Waals surface area contributed by atoms with Crippen molar-refractivity contribution in [3.05, 3.63) is 88.7 Å². The normalized spacial score (nSPS) is 17.2. The number of benzene rings is 2. The minimum absolute atomic E-state index is 0.165. The van der Waals surface area contributed by atoms with Crippen LogP contribution in [0.2, 0.25) is 0 Å². The minimum atomic E-state index is 0.165. The van der Waals surface area contributed by atoms with Crippen LogP contribution in [0.5, 0.6) is 5.75 Å². The highest BCUT2D eigenvalue weighted by Gasteiger charge is 2.20. The number of hydrogen-bond acceptors (Lipinski definition) is 2. The van der Waals surface area contributed by atoms with Gasteiger partial charge in [0.1, 0.15) is 18.5 Å². The summed E-state index contributed by atoms with van der Waals surface area (Å²) in [5.74, 6) is 0.895. The molecule has 1 atom stereocenters. The Kier molecular flexibility index (Phi) is 5.60. The highest BCUT2D eigenvalue weighted by Crippen LogP contribution is 2.34. The molecule has 0 saturated carbocycles. The van der Waals surface area contributed by atoms with Crippen LogP contribution in [0.25, 0.3) is 0 Å². The van der Waals surface area contributed by atoms with Crippen molar-refractivity contribution in [1.29, 1.82) is 0 Å². The quantitative estimate of drug-likeness (QED) is 0.669. The van der Waals surface area contributed by atoms with E-state index < -0.39 is 0 Å². The van der Waals surface area contributed by atoms with Crippen LogP contribution in [0, 0.1) is 20.8 Å². The second kappa shape index (κ2) is 8.06. The maximum absolute atomic E-state index is 6.04. The maximum atomic E-state index is 6.04. The Hall–Kier alpha value is -2.48. The second-order valence-corrected chi connectivity index (χ2v) is 6.69. The summed E-state index contributed by atoms with van der Waals surface area (Å²) in [6.07, 6.45) is 8.27. The lowest BCUT2D eigenvalue weighted by Crippen LogP contribution is -2.10. The minimum Gasteiger partial charge on any atom is -0.493 e. The molecule has 1 aliphatic rings. The van der Waals surface area contributed by atoms with E-state index in [0.29, 0.717) is 6.61 Å². The highest BCUT2D eigenvalue weighted by atomic mass is 16.5. The molecule has 2 aromatic rings. The zero-order valence-corrected chi connectivity index (χ0v) is 15.3. The molecule has 0 aliphatic carbocycles. The molecule has 2 nitrogen and oxygen atoms in total. The molecule has 0 saturated heterocycles. The van der Waals surface area contributed by atoms with E-state index in [1.165, 1.54) is 27.8 Å². The lowest BCUT2D eigenvalue weighted by Gasteiger charge is -2.25. The van der Waals surface area contributed by atoms with Crippen molar-refractivity contribution in [2.45, 2.75) is 39.7 Å². The topological polar surface area (TPSA) is 18.5 Å². The molecular formula is C23H26O2. The van der Waals surface area contributed by atoms with E-state index in [4.69, 9.17) is 9.47 Å². The second-order valence-electron chi connectivity index (χ2n) is 6.69. The smallest absolute Gasteiger partial charge is 0.124 e. The Balaban J connectivity index is 1.57. The van der Waals surface area contributed by atoms with Crippen LogP contribution in [-0.4, -0.2) is 6.61 Å². The van der Waals surface area contributed by atoms with Crippen LogP contribution in [0.3, 0.4) is 0 Å². The molecule has 0 fully saturated rings. The summed E-state index contributed by atoms with van der Waals surface area (Å²) in [5.41, 5.74) is 6.53. The van der Waals surface area contributed by atoms with Crippen molar-refractivity contribution < 1.29 is 9.47 Å². The van der Waals surface area contributed by atoms with Crippen LogP contribution < -0.4 is 4.74 Å². The summed E-state index contributed by atoms with van der Waals surface area (Å²) < 4.78 is 11.7. The fraction of sp³-hybridized carbons (Fsp3) is 0.304. The van der Waals surface area contributed by atoms with Gasteiger partial charge in [0, 0.05) is 0 Å². The van der Waals surface area contributed by atoms with Crippen LogP contribution in [-0.2, 0) is 4.74 Å². The molecular weight excluding hydrogens is 308 g/mol. The van der Waals surface area contributed by atoms with Crippen molar-refractivity contribution in [2.24, 2.45) is 0 Å². The zero-order chi connectivity index (χ0) is 17.6.